The Balaban J connectivity index is 1.61. The maximum Gasteiger partial charge on any atom is 0.261 e. The number of hydrogen-bond donors (Lipinski definition) is 2. The Labute approximate surface area is 166 Å². The number of nitrogens with zero attached hydrogens (tertiary/aromatic N) is 1. The summed E-state index contributed by atoms with van der Waals surface area (Å²) in [4.78, 5) is 49.2. The van der Waals surface area contributed by atoms with Crippen LogP contribution in [0.3, 0.4) is 0 Å². The third kappa shape index (κ3) is 4.04. The molecule has 4 amide bonds. The van der Waals surface area contributed by atoms with E-state index in [-0.39, 0.29) is 35.7 Å². The van der Waals surface area contributed by atoms with Crippen LogP contribution in [0.25, 0.3) is 0 Å². The van der Waals surface area contributed by atoms with E-state index in [4.69, 9.17) is 11.6 Å². The molecule has 1 heterocycles. The number of carbonyl (C=O) groups excluding carboxylic acids is 4. The van der Waals surface area contributed by atoms with Crippen LogP contribution in [0.1, 0.15) is 39.6 Å². The van der Waals surface area contributed by atoms with Gasteiger partial charge in [0.05, 0.1) is 21.8 Å². The second-order valence-corrected chi connectivity index (χ2v) is 6.89. The van der Waals surface area contributed by atoms with Gasteiger partial charge < -0.3 is 10.6 Å². The van der Waals surface area contributed by atoms with Crippen molar-refractivity contribution >= 4 is 46.6 Å². The van der Waals surface area contributed by atoms with Crippen LogP contribution in [0.2, 0.25) is 5.02 Å². The molecule has 0 aliphatic carbocycles. The van der Waals surface area contributed by atoms with Gasteiger partial charge in [0.25, 0.3) is 11.8 Å². The van der Waals surface area contributed by atoms with Gasteiger partial charge in [-0.25, -0.2) is 0 Å². The number of rotatable bonds is 5. The van der Waals surface area contributed by atoms with E-state index in [2.05, 4.69) is 10.6 Å². The molecule has 1 aliphatic rings. The number of fused-ring (bicyclic) bond motifs is 1. The molecule has 0 radical (unpaired) electrons. The van der Waals surface area contributed by atoms with E-state index in [0.29, 0.717) is 22.5 Å². The molecule has 0 spiro atoms. The van der Waals surface area contributed by atoms with Crippen molar-refractivity contribution in [2.75, 3.05) is 17.2 Å². The Morgan fingerprint density at radius 2 is 1.71 bits per heavy atom. The number of hydrogen-bond acceptors (Lipinski definition) is 4. The minimum atomic E-state index is -0.393. The van der Waals surface area contributed by atoms with Gasteiger partial charge in [-0.2, -0.15) is 0 Å². The lowest BCUT2D eigenvalue weighted by atomic mass is 10.1. The first kappa shape index (κ1) is 19.6. The zero-order valence-electron chi connectivity index (χ0n) is 15.3. The van der Waals surface area contributed by atoms with Crippen LogP contribution in [0.5, 0.6) is 0 Å². The van der Waals surface area contributed by atoms with E-state index >= 15 is 0 Å². The maximum absolute atomic E-state index is 12.4. The van der Waals surface area contributed by atoms with Crippen molar-refractivity contribution in [2.45, 2.75) is 20.3 Å². The number of halogens is 1. The first-order valence-corrected chi connectivity index (χ1v) is 8.98. The van der Waals surface area contributed by atoms with E-state index in [1.54, 1.807) is 30.3 Å². The van der Waals surface area contributed by atoms with Crippen LogP contribution in [0, 0.1) is 6.92 Å². The van der Waals surface area contributed by atoms with Crippen LogP contribution in [0.15, 0.2) is 36.4 Å². The van der Waals surface area contributed by atoms with Crippen molar-refractivity contribution in [2.24, 2.45) is 0 Å². The average molecular weight is 400 g/mol. The lowest BCUT2D eigenvalue weighted by Gasteiger charge is -2.14. The largest absolute Gasteiger partial charge is 0.326 e. The van der Waals surface area contributed by atoms with Crippen LogP contribution in [0.4, 0.5) is 11.4 Å². The first-order chi connectivity index (χ1) is 13.3. The molecule has 2 aromatic rings. The van der Waals surface area contributed by atoms with Gasteiger partial charge in [-0.1, -0.05) is 23.2 Å². The van der Waals surface area contributed by atoms with Crippen molar-refractivity contribution in [1.29, 1.82) is 0 Å². The molecule has 0 saturated carbocycles. The van der Waals surface area contributed by atoms with Crippen LogP contribution in [-0.4, -0.2) is 35.1 Å². The van der Waals surface area contributed by atoms with Crippen molar-refractivity contribution < 1.29 is 19.2 Å². The summed E-state index contributed by atoms with van der Waals surface area (Å²) >= 11 is 6.08. The highest BCUT2D eigenvalue weighted by Crippen LogP contribution is 2.26. The van der Waals surface area contributed by atoms with Crippen LogP contribution >= 0.6 is 11.6 Å². The summed E-state index contributed by atoms with van der Waals surface area (Å²) in [6, 6.07) is 9.76. The molecule has 0 fully saturated rings. The average Bonchev–Trinajstić information content (AvgIpc) is 2.85. The predicted molar refractivity (Wildman–Crippen MR) is 106 cm³/mol. The van der Waals surface area contributed by atoms with Crippen molar-refractivity contribution in [3.05, 3.63) is 58.1 Å². The molecule has 0 bridgehead atoms. The Hall–Kier alpha value is -3.19. The number of anilines is 2. The second kappa shape index (κ2) is 7.82. The van der Waals surface area contributed by atoms with Gasteiger partial charge >= 0.3 is 0 Å². The molecule has 8 heteroatoms. The van der Waals surface area contributed by atoms with E-state index in [1.807, 2.05) is 6.92 Å². The smallest absolute Gasteiger partial charge is 0.261 e. The Morgan fingerprint density at radius 3 is 2.39 bits per heavy atom. The third-order valence-electron chi connectivity index (χ3n) is 4.25. The summed E-state index contributed by atoms with van der Waals surface area (Å²) in [5.74, 6) is -1.40. The Kier molecular flexibility index (Phi) is 5.46. The topological polar surface area (TPSA) is 95.6 Å². The normalized spacial score (nSPS) is 12.8. The highest BCUT2D eigenvalue weighted by Gasteiger charge is 2.35. The van der Waals surface area contributed by atoms with Gasteiger partial charge in [0.15, 0.2) is 0 Å². The summed E-state index contributed by atoms with van der Waals surface area (Å²) in [5, 5.41) is 5.52. The molecule has 2 N–H and O–H groups in total. The standard InChI is InChI=1S/C20H18ClN3O4/c1-11-3-5-14-15(9-11)20(28)24(19(14)27)8-7-18(26)23-13-4-6-17(16(21)10-13)22-12(2)25/h3-6,9-10H,7-8H2,1-2H3,(H,22,25)(H,23,26). The zero-order valence-corrected chi connectivity index (χ0v) is 16.1. The quantitative estimate of drug-likeness (QED) is 0.754. The maximum atomic E-state index is 12.4. The number of aryl methyl sites for hydroxylation is 1. The van der Waals surface area contributed by atoms with E-state index < -0.39 is 5.91 Å². The van der Waals surface area contributed by atoms with E-state index in [1.165, 1.54) is 13.0 Å². The molecule has 0 unspecified atom stereocenters. The molecule has 0 atom stereocenters. The molecule has 0 aromatic heterocycles. The molecule has 144 valence electrons. The summed E-state index contributed by atoms with van der Waals surface area (Å²) in [7, 11) is 0. The highest BCUT2D eigenvalue weighted by atomic mass is 35.5. The molecular weight excluding hydrogens is 382 g/mol. The number of imide groups is 1. The molecule has 28 heavy (non-hydrogen) atoms. The summed E-state index contributed by atoms with van der Waals surface area (Å²) in [6.45, 7) is 3.19. The number of carbonyl (C=O) groups is 4. The van der Waals surface area contributed by atoms with E-state index in [9.17, 15) is 19.2 Å². The minimum Gasteiger partial charge on any atom is -0.326 e. The van der Waals surface area contributed by atoms with Gasteiger partial charge in [-0.15, -0.1) is 0 Å². The van der Waals surface area contributed by atoms with Crippen LogP contribution in [-0.2, 0) is 9.59 Å². The molecule has 7 nitrogen and oxygen atoms in total. The summed E-state index contributed by atoms with van der Waals surface area (Å²) < 4.78 is 0. The van der Waals surface area contributed by atoms with Gasteiger partial charge in [0.2, 0.25) is 11.8 Å². The summed E-state index contributed by atoms with van der Waals surface area (Å²) in [5.41, 5.74) is 2.50. The second-order valence-electron chi connectivity index (χ2n) is 6.48. The monoisotopic (exact) mass is 399 g/mol. The van der Waals surface area contributed by atoms with Crippen LogP contribution < -0.4 is 10.6 Å². The Morgan fingerprint density at radius 1 is 1.00 bits per heavy atom. The fourth-order valence-corrected chi connectivity index (χ4v) is 3.16. The highest BCUT2D eigenvalue weighted by molar-refractivity contribution is 6.34. The first-order valence-electron chi connectivity index (χ1n) is 8.60. The van der Waals surface area contributed by atoms with Crippen molar-refractivity contribution in [1.82, 2.24) is 4.90 Å². The number of benzene rings is 2. The summed E-state index contributed by atoms with van der Waals surface area (Å²) in [6.07, 6.45) is -0.0461. The molecule has 0 saturated heterocycles. The predicted octanol–water partition coefficient (Wildman–Crippen LogP) is 3.23. The fraction of sp³-hybridized carbons (Fsp3) is 0.200. The SMILES string of the molecule is CC(=O)Nc1ccc(NC(=O)CCN2C(=O)c3ccc(C)cc3C2=O)cc1Cl. The van der Waals surface area contributed by atoms with Crippen molar-refractivity contribution in [3.63, 3.8) is 0 Å². The molecule has 1 aliphatic heterocycles. The van der Waals surface area contributed by atoms with Crippen molar-refractivity contribution in [3.8, 4) is 0 Å². The van der Waals surface area contributed by atoms with Gasteiger partial charge in [0, 0.05) is 25.6 Å². The van der Waals surface area contributed by atoms with Gasteiger partial charge in [-0.3, -0.25) is 24.1 Å². The number of nitrogens with one attached hydrogen (secondary N) is 2. The Bertz CT molecular complexity index is 1000. The zero-order chi connectivity index (χ0) is 20.4. The van der Waals surface area contributed by atoms with E-state index in [0.717, 1.165) is 10.5 Å². The fourth-order valence-electron chi connectivity index (χ4n) is 2.93. The number of amides is 4. The molecule has 2 aromatic carbocycles. The lowest BCUT2D eigenvalue weighted by Crippen LogP contribution is -2.32. The molecular formula is C20H18ClN3O4. The third-order valence-corrected chi connectivity index (χ3v) is 4.56. The lowest BCUT2D eigenvalue weighted by molar-refractivity contribution is -0.116. The van der Waals surface area contributed by atoms with Gasteiger partial charge in [-0.05, 0) is 37.3 Å². The molecule has 3 rings (SSSR count). The minimum absolute atomic E-state index is 0.0189. The van der Waals surface area contributed by atoms with Gasteiger partial charge in [0.1, 0.15) is 0 Å².